The minimum absolute atomic E-state index is 0.00690. The lowest BCUT2D eigenvalue weighted by Gasteiger charge is -2.16. The molecule has 2 aromatic rings. The molecule has 0 fully saturated rings. The van der Waals surface area contributed by atoms with Crippen LogP contribution in [0.5, 0.6) is 11.5 Å². The van der Waals surface area contributed by atoms with Gasteiger partial charge in [-0.15, -0.1) is 0 Å². The van der Waals surface area contributed by atoms with Crippen molar-refractivity contribution in [1.82, 2.24) is 9.97 Å². The summed E-state index contributed by atoms with van der Waals surface area (Å²) in [6.07, 6.45) is 0.904. The highest BCUT2D eigenvalue weighted by Gasteiger charge is 2.06. The van der Waals surface area contributed by atoms with Crippen molar-refractivity contribution >= 4 is 5.82 Å². The van der Waals surface area contributed by atoms with E-state index in [0.717, 1.165) is 35.3 Å². The van der Waals surface area contributed by atoms with Crippen LogP contribution in [0.15, 0.2) is 30.3 Å². The first-order valence-corrected chi connectivity index (χ1v) is 7.50. The normalized spacial score (nSPS) is 11.8. The van der Waals surface area contributed by atoms with Crippen LogP contribution >= 0.6 is 0 Å². The molecule has 22 heavy (non-hydrogen) atoms. The van der Waals surface area contributed by atoms with Crippen molar-refractivity contribution < 1.29 is 9.47 Å². The van der Waals surface area contributed by atoms with Crippen molar-refractivity contribution in [3.8, 4) is 11.5 Å². The Kier molecular flexibility index (Phi) is 5.58. The summed E-state index contributed by atoms with van der Waals surface area (Å²) in [5.74, 6) is 3.20. The van der Waals surface area contributed by atoms with Crippen LogP contribution in [-0.4, -0.2) is 29.7 Å². The maximum Gasteiger partial charge on any atom is 0.130 e. The molecule has 0 aliphatic heterocycles. The second-order valence-electron chi connectivity index (χ2n) is 5.13. The number of nitrogens with zero attached hydrogens (tertiary/aromatic N) is 2. The van der Waals surface area contributed by atoms with Crippen LogP contribution in [0.4, 0.5) is 5.82 Å². The molecule has 1 N–H and O–H groups in total. The summed E-state index contributed by atoms with van der Waals surface area (Å²) in [6.45, 7) is 6.67. The van der Waals surface area contributed by atoms with Gasteiger partial charge < -0.3 is 14.8 Å². The molecule has 1 aromatic carbocycles. The average molecular weight is 301 g/mol. The minimum atomic E-state index is 0.00690. The molecule has 0 spiro atoms. The molecular weight excluding hydrogens is 278 g/mol. The second kappa shape index (κ2) is 7.64. The highest BCUT2D eigenvalue weighted by Crippen LogP contribution is 2.20. The van der Waals surface area contributed by atoms with E-state index in [-0.39, 0.29) is 6.10 Å². The Balaban J connectivity index is 1.92. The van der Waals surface area contributed by atoms with Gasteiger partial charge in [0.15, 0.2) is 0 Å². The molecule has 1 heterocycles. The van der Waals surface area contributed by atoms with Crippen molar-refractivity contribution in [3.05, 3.63) is 41.9 Å². The Labute approximate surface area is 131 Å². The third-order valence-corrected chi connectivity index (χ3v) is 3.20. The number of methoxy groups -OCH3 is 1. The van der Waals surface area contributed by atoms with E-state index >= 15 is 0 Å². The third kappa shape index (κ3) is 4.62. The van der Waals surface area contributed by atoms with Gasteiger partial charge in [0.2, 0.25) is 0 Å². The van der Waals surface area contributed by atoms with Gasteiger partial charge in [-0.25, -0.2) is 9.97 Å². The van der Waals surface area contributed by atoms with E-state index in [4.69, 9.17) is 9.47 Å². The molecular formula is C17H23N3O2. The van der Waals surface area contributed by atoms with Gasteiger partial charge in [0.05, 0.1) is 13.7 Å². The molecule has 0 bridgehead atoms. The molecule has 118 valence electrons. The number of ether oxygens (including phenoxy) is 2. The molecule has 5 heteroatoms. The molecule has 0 aliphatic rings. The van der Waals surface area contributed by atoms with Crippen LogP contribution < -0.4 is 14.8 Å². The highest BCUT2D eigenvalue weighted by molar-refractivity contribution is 5.36. The van der Waals surface area contributed by atoms with Crippen LogP contribution in [0, 0.1) is 6.92 Å². The lowest BCUT2D eigenvalue weighted by molar-refractivity contribution is 0.233. The maximum atomic E-state index is 5.88. The lowest BCUT2D eigenvalue weighted by atomic mass is 10.3. The Bertz CT molecular complexity index is 617. The molecule has 0 aliphatic carbocycles. The number of rotatable bonds is 7. The summed E-state index contributed by atoms with van der Waals surface area (Å²) in [7, 11) is 1.65. The molecule has 1 aromatic heterocycles. The average Bonchev–Trinajstić information content (AvgIpc) is 2.52. The lowest BCUT2D eigenvalue weighted by Crippen LogP contribution is -2.23. The first-order chi connectivity index (χ1) is 10.6. The number of hydrogen-bond acceptors (Lipinski definition) is 5. The molecule has 0 saturated carbocycles. The number of aryl methyl sites for hydroxylation is 2. The van der Waals surface area contributed by atoms with Crippen LogP contribution in [-0.2, 0) is 6.42 Å². The van der Waals surface area contributed by atoms with Crippen molar-refractivity contribution in [3.63, 3.8) is 0 Å². The third-order valence-electron chi connectivity index (χ3n) is 3.20. The van der Waals surface area contributed by atoms with Gasteiger partial charge in [-0.05, 0) is 32.4 Å². The highest BCUT2D eigenvalue weighted by atomic mass is 16.5. The van der Waals surface area contributed by atoms with Gasteiger partial charge in [0, 0.05) is 17.8 Å². The number of anilines is 1. The molecule has 0 radical (unpaired) electrons. The zero-order valence-electron chi connectivity index (χ0n) is 13.6. The van der Waals surface area contributed by atoms with Gasteiger partial charge in [0.25, 0.3) is 0 Å². The SMILES string of the molecule is CCc1cc(NCC(C)Oc2cccc(OC)c2)nc(C)n1. The Morgan fingerprint density at radius 2 is 1.95 bits per heavy atom. The Morgan fingerprint density at radius 1 is 1.18 bits per heavy atom. The summed E-state index contributed by atoms with van der Waals surface area (Å²) in [6, 6.07) is 9.58. The summed E-state index contributed by atoms with van der Waals surface area (Å²) in [5.41, 5.74) is 1.04. The Hall–Kier alpha value is -2.30. The number of hydrogen-bond donors (Lipinski definition) is 1. The van der Waals surface area contributed by atoms with E-state index in [1.165, 1.54) is 0 Å². The molecule has 0 amide bonds. The van der Waals surface area contributed by atoms with Crippen molar-refractivity contribution in [1.29, 1.82) is 0 Å². The standard InChI is InChI=1S/C17H23N3O2/c1-5-14-9-17(20-13(3)19-14)18-11-12(2)22-16-8-6-7-15(10-16)21-4/h6-10,12H,5,11H2,1-4H3,(H,18,19,20). The van der Waals surface area contributed by atoms with E-state index in [1.54, 1.807) is 7.11 Å². The Morgan fingerprint density at radius 3 is 2.68 bits per heavy atom. The number of aromatic nitrogens is 2. The predicted octanol–water partition coefficient (Wildman–Crippen LogP) is 3.24. The molecule has 1 unspecified atom stereocenters. The van der Waals surface area contributed by atoms with Gasteiger partial charge >= 0.3 is 0 Å². The van der Waals surface area contributed by atoms with Crippen molar-refractivity contribution in [2.45, 2.75) is 33.3 Å². The number of nitrogens with one attached hydrogen (secondary N) is 1. The quantitative estimate of drug-likeness (QED) is 0.851. The summed E-state index contributed by atoms with van der Waals surface area (Å²) in [4.78, 5) is 8.76. The monoisotopic (exact) mass is 301 g/mol. The fourth-order valence-electron chi connectivity index (χ4n) is 2.10. The largest absolute Gasteiger partial charge is 0.497 e. The fraction of sp³-hybridized carbons (Fsp3) is 0.412. The first-order valence-electron chi connectivity index (χ1n) is 7.50. The number of benzene rings is 1. The van der Waals surface area contributed by atoms with E-state index in [2.05, 4.69) is 22.2 Å². The fourth-order valence-corrected chi connectivity index (χ4v) is 2.10. The molecule has 5 nitrogen and oxygen atoms in total. The van der Waals surface area contributed by atoms with Gasteiger partial charge in [-0.2, -0.15) is 0 Å². The smallest absolute Gasteiger partial charge is 0.130 e. The second-order valence-corrected chi connectivity index (χ2v) is 5.13. The van der Waals surface area contributed by atoms with Crippen molar-refractivity contribution in [2.75, 3.05) is 19.0 Å². The van der Waals surface area contributed by atoms with E-state index in [9.17, 15) is 0 Å². The van der Waals surface area contributed by atoms with Gasteiger partial charge in [-0.1, -0.05) is 13.0 Å². The summed E-state index contributed by atoms with van der Waals surface area (Å²) >= 11 is 0. The van der Waals surface area contributed by atoms with Gasteiger partial charge in [0.1, 0.15) is 29.2 Å². The minimum Gasteiger partial charge on any atom is -0.497 e. The topological polar surface area (TPSA) is 56.3 Å². The van der Waals surface area contributed by atoms with E-state index in [0.29, 0.717) is 6.54 Å². The summed E-state index contributed by atoms with van der Waals surface area (Å²) in [5, 5.41) is 3.30. The molecule has 1 atom stereocenters. The van der Waals surface area contributed by atoms with Crippen LogP contribution in [0.25, 0.3) is 0 Å². The van der Waals surface area contributed by atoms with Crippen LogP contribution in [0.1, 0.15) is 25.4 Å². The van der Waals surface area contributed by atoms with Crippen LogP contribution in [0.3, 0.4) is 0 Å². The van der Waals surface area contributed by atoms with Crippen LogP contribution in [0.2, 0.25) is 0 Å². The van der Waals surface area contributed by atoms with Gasteiger partial charge in [-0.3, -0.25) is 0 Å². The van der Waals surface area contributed by atoms with E-state index in [1.807, 2.05) is 44.2 Å². The van der Waals surface area contributed by atoms with E-state index < -0.39 is 0 Å². The maximum absolute atomic E-state index is 5.88. The van der Waals surface area contributed by atoms with Crippen molar-refractivity contribution in [2.24, 2.45) is 0 Å². The molecule has 2 rings (SSSR count). The predicted molar refractivity (Wildman–Crippen MR) is 87.7 cm³/mol. The molecule has 0 saturated heterocycles. The zero-order chi connectivity index (χ0) is 15.9. The summed E-state index contributed by atoms with van der Waals surface area (Å²) < 4.78 is 11.1. The zero-order valence-corrected chi connectivity index (χ0v) is 13.6. The first kappa shape index (κ1) is 16.1.